The van der Waals surface area contributed by atoms with Crippen molar-refractivity contribution in [3.8, 4) is 17.6 Å². The zero-order valence-corrected chi connectivity index (χ0v) is 17.3. The maximum Gasteiger partial charge on any atom is 0.315 e. The first kappa shape index (κ1) is 22.6. The van der Waals surface area contributed by atoms with Crippen LogP contribution in [0.3, 0.4) is 0 Å². The number of methoxy groups -OCH3 is 1. The van der Waals surface area contributed by atoms with Crippen LogP contribution in [0.2, 0.25) is 0 Å². The fourth-order valence-electron chi connectivity index (χ4n) is 2.55. The van der Waals surface area contributed by atoms with Gasteiger partial charge >= 0.3 is 5.69 Å². The number of halogens is 2. The van der Waals surface area contributed by atoms with E-state index in [-0.39, 0.29) is 23.4 Å². The summed E-state index contributed by atoms with van der Waals surface area (Å²) in [6.45, 7) is -0.207. The summed E-state index contributed by atoms with van der Waals surface area (Å²) < 4.78 is 19.4. The van der Waals surface area contributed by atoms with Crippen molar-refractivity contribution in [3.63, 3.8) is 0 Å². The van der Waals surface area contributed by atoms with Crippen LogP contribution in [0.5, 0.6) is 11.5 Å². The predicted octanol–water partition coefficient (Wildman–Crippen LogP) is 3.66. The second kappa shape index (κ2) is 9.23. The molecule has 0 aromatic heterocycles. The number of nitro groups is 1. The van der Waals surface area contributed by atoms with Crippen molar-refractivity contribution < 1.29 is 29.1 Å². The number of nitro benzene ring substituents is 1. The molecule has 0 saturated heterocycles. The molecule has 0 radical (unpaired) electrons. The van der Waals surface area contributed by atoms with Gasteiger partial charge in [-0.25, -0.2) is 4.39 Å². The number of phenolic OH excluding ortho intramolecular Hbond substituents is 1. The van der Waals surface area contributed by atoms with E-state index < -0.39 is 39.4 Å². The molecule has 0 aliphatic heterocycles. The zero-order chi connectivity index (χ0) is 22.6. The van der Waals surface area contributed by atoms with E-state index in [1.165, 1.54) is 25.2 Å². The van der Waals surface area contributed by atoms with Gasteiger partial charge in [-0.3, -0.25) is 14.9 Å². The normalized spacial score (nSPS) is 11.3. The molecule has 156 valence electrons. The Labute approximate surface area is 178 Å². The smallest absolute Gasteiger partial charge is 0.315 e. The summed E-state index contributed by atoms with van der Waals surface area (Å²) in [7, 11) is 2.44. The molecule has 2 N–H and O–H groups in total. The van der Waals surface area contributed by atoms with E-state index in [1.54, 1.807) is 6.07 Å². The topological polar surface area (TPSA) is 137 Å². The second-order valence-electron chi connectivity index (χ2n) is 6.04. The fourth-order valence-corrected chi connectivity index (χ4v) is 2.96. The minimum absolute atomic E-state index is 0.166. The molecule has 1 amide bonds. The quantitative estimate of drug-likeness (QED) is 0.212. The molecular weight excluding hydrogens is 465 g/mol. The lowest BCUT2D eigenvalue weighted by molar-refractivity contribution is -0.386. The van der Waals surface area contributed by atoms with Crippen molar-refractivity contribution in [2.75, 3.05) is 14.2 Å². The van der Waals surface area contributed by atoms with Crippen LogP contribution in [0.1, 0.15) is 11.1 Å². The first-order chi connectivity index (χ1) is 14.1. The van der Waals surface area contributed by atoms with E-state index in [1.807, 2.05) is 0 Å². The molecule has 0 heterocycles. The van der Waals surface area contributed by atoms with E-state index in [0.717, 1.165) is 24.1 Å². The third-order valence-electron chi connectivity index (χ3n) is 4.07. The van der Waals surface area contributed by atoms with Gasteiger partial charge in [0.25, 0.3) is 5.91 Å². The van der Waals surface area contributed by atoms with Crippen LogP contribution in [0.4, 0.5) is 10.1 Å². The number of nitriles is 1. The molecule has 0 bridgehead atoms. The molecule has 0 aliphatic rings. The third kappa shape index (κ3) is 4.66. The zero-order valence-electron chi connectivity index (χ0n) is 15.7. The number of hydrogen-bond donors (Lipinski definition) is 2. The van der Waals surface area contributed by atoms with Gasteiger partial charge in [0.15, 0.2) is 11.3 Å². The molecule has 30 heavy (non-hydrogen) atoms. The van der Waals surface area contributed by atoms with Crippen molar-refractivity contribution >= 4 is 33.3 Å². The number of likely N-dealkylation sites (N-methyl/N-ethyl adjacent to an activating group) is 1. The van der Waals surface area contributed by atoms with E-state index >= 15 is 0 Å². The molecule has 2 aromatic carbocycles. The van der Waals surface area contributed by atoms with Crippen molar-refractivity contribution in [1.82, 2.24) is 4.90 Å². The van der Waals surface area contributed by atoms with Crippen LogP contribution in [-0.2, 0) is 11.3 Å². The van der Waals surface area contributed by atoms with Gasteiger partial charge in [0.2, 0.25) is 5.75 Å². The van der Waals surface area contributed by atoms with Crippen molar-refractivity contribution in [1.29, 1.82) is 5.26 Å². The van der Waals surface area contributed by atoms with Crippen LogP contribution in [0, 0.1) is 27.3 Å². The minimum Gasteiger partial charge on any atom is -0.506 e. The monoisotopic (exact) mass is 479 g/mol. The Balaban J connectivity index is 2.47. The number of nitrogens with zero attached hydrogens (tertiary/aromatic N) is 3. The van der Waals surface area contributed by atoms with Gasteiger partial charge < -0.3 is 19.8 Å². The van der Waals surface area contributed by atoms with E-state index in [2.05, 4.69) is 15.9 Å². The Kier molecular flexibility index (Phi) is 6.97. The van der Waals surface area contributed by atoms with Gasteiger partial charge in [-0.05, 0) is 24.3 Å². The number of aliphatic hydroxyl groups excluding tert-OH is 1. The molecule has 2 aromatic rings. The minimum atomic E-state index is -0.941. The number of aliphatic hydroxyl groups is 1. The molecule has 0 unspecified atom stereocenters. The number of hydrogen-bond acceptors (Lipinski definition) is 7. The number of ether oxygens (including phenoxy) is 1. The molecule has 0 fully saturated rings. The van der Waals surface area contributed by atoms with E-state index in [4.69, 9.17) is 4.74 Å². The fraction of sp³-hybridized carbons (Fsp3) is 0.158. The molecule has 0 saturated carbocycles. The van der Waals surface area contributed by atoms with Crippen LogP contribution in [0.15, 0.2) is 40.4 Å². The highest BCUT2D eigenvalue weighted by Gasteiger charge is 2.26. The molecule has 0 spiro atoms. The number of aromatic hydroxyl groups is 1. The summed E-state index contributed by atoms with van der Waals surface area (Å²) in [4.78, 5) is 23.9. The van der Waals surface area contributed by atoms with Gasteiger partial charge in [0.05, 0.1) is 12.0 Å². The van der Waals surface area contributed by atoms with Crippen LogP contribution in [0.25, 0.3) is 5.76 Å². The molecule has 0 atom stereocenters. The number of phenols is 1. The van der Waals surface area contributed by atoms with Crippen LogP contribution >= 0.6 is 15.9 Å². The molecule has 9 nitrogen and oxygen atoms in total. The first-order valence-corrected chi connectivity index (χ1v) is 8.98. The Morgan fingerprint density at radius 2 is 2.07 bits per heavy atom. The number of benzene rings is 2. The number of amides is 1. The Hall–Kier alpha value is -3.65. The highest BCUT2D eigenvalue weighted by Crippen LogP contribution is 2.38. The lowest BCUT2D eigenvalue weighted by Crippen LogP contribution is -2.28. The number of carbonyl (C=O) groups excluding carboxylic acids is 1. The van der Waals surface area contributed by atoms with Gasteiger partial charge in [-0.15, -0.1) is 0 Å². The Morgan fingerprint density at radius 3 is 2.63 bits per heavy atom. The van der Waals surface area contributed by atoms with Gasteiger partial charge in [0, 0.05) is 35.3 Å². The van der Waals surface area contributed by atoms with Crippen molar-refractivity contribution in [2.45, 2.75) is 6.54 Å². The standard InChI is InChI=1S/C19H15BrFN3O6/c1-23(9-11-5-12(20)3-4-14(11)21)19(27)13(8-22)17(25)10-6-15(24(28)29)18(26)16(7-10)30-2/h3-7,25-26H,9H2,1-2H3/b17-13-. The maximum absolute atomic E-state index is 14.0. The third-order valence-corrected chi connectivity index (χ3v) is 4.56. The summed E-state index contributed by atoms with van der Waals surface area (Å²) in [6.07, 6.45) is 0. The lowest BCUT2D eigenvalue weighted by Gasteiger charge is -2.18. The lowest BCUT2D eigenvalue weighted by atomic mass is 10.1. The summed E-state index contributed by atoms with van der Waals surface area (Å²) in [5, 5.41) is 40.8. The average molecular weight is 480 g/mol. The molecular formula is C19H15BrFN3O6. The average Bonchev–Trinajstić information content (AvgIpc) is 2.70. The maximum atomic E-state index is 14.0. The SMILES string of the molecule is COc1cc(/C(O)=C(\C#N)C(=O)N(C)Cc2cc(Br)ccc2F)cc([N+](=O)[O-])c1O. The summed E-state index contributed by atoms with van der Waals surface area (Å²) >= 11 is 3.20. The van der Waals surface area contributed by atoms with Crippen molar-refractivity contribution in [3.05, 3.63) is 67.4 Å². The van der Waals surface area contributed by atoms with Crippen LogP contribution < -0.4 is 4.74 Å². The van der Waals surface area contributed by atoms with Gasteiger partial charge in [-0.1, -0.05) is 15.9 Å². The largest absolute Gasteiger partial charge is 0.506 e. The molecule has 2 rings (SSSR count). The van der Waals surface area contributed by atoms with Gasteiger partial charge in [-0.2, -0.15) is 5.26 Å². The number of rotatable bonds is 6. The summed E-state index contributed by atoms with van der Waals surface area (Å²) in [5.74, 6) is -3.47. The Bertz CT molecular complexity index is 1100. The van der Waals surface area contributed by atoms with Crippen LogP contribution in [-0.4, -0.2) is 40.1 Å². The molecule has 0 aliphatic carbocycles. The number of carbonyl (C=O) groups is 1. The van der Waals surface area contributed by atoms with Gasteiger partial charge in [0.1, 0.15) is 17.6 Å². The van der Waals surface area contributed by atoms with Crippen molar-refractivity contribution in [2.24, 2.45) is 0 Å². The second-order valence-corrected chi connectivity index (χ2v) is 6.95. The summed E-state index contributed by atoms with van der Waals surface area (Å²) in [6, 6.07) is 7.54. The highest BCUT2D eigenvalue weighted by atomic mass is 79.9. The Morgan fingerprint density at radius 1 is 1.40 bits per heavy atom. The first-order valence-electron chi connectivity index (χ1n) is 8.19. The van der Waals surface area contributed by atoms with E-state index in [0.29, 0.717) is 4.47 Å². The predicted molar refractivity (Wildman–Crippen MR) is 107 cm³/mol. The molecule has 11 heteroatoms. The summed E-state index contributed by atoms with van der Waals surface area (Å²) in [5.41, 5.74) is -1.64. The highest BCUT2D eigenvalue weighted by molar-refractivity contribution is 9.10. The van der Waals surface area contributed by atoms with E-state index in [9.17, 15) is 34.8 Å².